The molecule has 5 rings (SSSR count). The van der Waals surface area contributed by atoms with Gasteiger partial charge in [-0.25, -0.2) is 0 Å². The van der Waals surface area contributed by atoms with Crippen LogP contribution in [0.3, 0.4) is 0 Å². The predicted molar refractivity (Wildman–Crippen MR) is 109 cm³/mol. The number of esters is 1. The molecule has 4 atom stereocenters. The molecule has 1 amide bonds. The number of hydrogen-bond donors (Lipinski definition) is 1. The Morgan fingerprint density at radius 1 is 1.00 bits per heavy atom. The third kappa shape index (κ3) is 4.24. The monoisotopic (exact) mass is 384 g/mol. The number of nitrogens with zero attached hydrogens (tertiary/aromatic N) is 1. The van der Waals surface area contributed by atoms with Crippen LogP contribution < -0.4 is 5.32 Å². The Balaban J connectivity index is 1.56. The van der Waals surface area contributed by atoms with E-state index in [0.717, 1.165) is 37.8 Å². The summed E-state index contributed by atoms with van der Waals surface area (Å²) in [6.07, 6.45) is 8.20. The molecule has 28 heavy (non-hydrogen) atoms. The number of hydrogen-bond acceptors (Lipinski definition) is 4. The minimum absolute atomic E-state index is 0.0704. The van der Waals surface area contributed by atoms with E-state index in [1.54, 1.807) is 0 Å². The Hall–Kier alpha value is -1.88. The summed E-state index contributed by atoms with van der Waals surface area (Å²) in [7, 11) is 2.22. The molecule has 0 aliphatic carbocycles. The average molecular weight is 385 g/mol. The number of fused-ring (bicyclic) bond motifs is 14. The van der Waals surface area contributed by atoms with Gasteiger partial charge in [-0.05, 0) is 62.8 Å². The molecule has 0 spiro atoms. The summed E-state index contributed by atoms with van der Waals surface area (Å²) in [5.74, 6) is 0.747. The van der Waals surface area contributed by atoms with Gasteiger partial charge in [-0.15, -0.1) is 0 Å². The van der Waals surface area contributed by atoms with Crippen LogP contribution >= 0.6 is 0 Å². The van der Waals surface area contributed by atoms with Crippen LogP contribution in [-0.4, -0.2) is 42.5 Å². The van der Waals surface area contributed by atoms with Gasteiger partial charge in [-0.1, -0.05) is 25.0 Å². The second-order valence-electron chi connectivity index (χ2n) is 8.74. The molecule has 4 aliphatic rings. The Bertz CT molecular complexity index is 702. The van der Waals surface area contributed by atoms with Crippen molar-refractivity contribution in [1.82, 2.24) is 4.90 Å². The lowest BCUT2D eigenvalue weighted by atomic mass is 9.76. The van der Waals surface area contributed by atoms with Crippen molar-refractivity contribution in [2.75, 3.05) is 19.0 Å². The highest BCUT2D eigenvalue weighted by Gasteiger charge is 2.46. The molecule has 2 fully saturated rings. The third-order valence-corrected chi connectivity index (χ3v) is 7.03. The highest BCUT2D eigenvalue weighted by atomic mass is 16.5. The molecule has 1 N–H and O–H groups in total. The summed E-state index contributed by atoms with van der Waals surface area (Å²) in [4.78, 5) is 26.9. The van der Waals surface area contributed by atoms with Gasteiger partial charge in [0.1, 0.15) is 0 Å². The normalized spacial score (nSPS) is 32.3. The van der Waals surface area contributed by atoms with Crippen molar-refractivity contribution in [3.8, 4) is 0 Å². The van der Waals surface area contributed by atoms with E-state index in [1.165, 1.54) is 18.4 Å². The van der Waals surface area contributed by atoms with Crippen molar-refractivity contribution < 1.29 is 14.3 Å². The largest absolute Gasteiger partial charge is 0.465 e. The first-order valence-corrected chi connectivity index (χ1v) is 10.9. The number of ether oxygens (including phenoxy) is 1. The van der Waals surface area contributed by atoms with E-state index >= 15 is 0 Å². The van der Waals surface area contributed by atoms with E-state index in [1.807, 2.05) is 12.1 Å². The SMILES string of the molecule is CN1C2CCC1C1COC(=O)CCCCCCC(=O)Nc3ccc(cc3)C1C2. The summed E-state index contributed by atoms with van der Waals surface area (Å²) in [5, 5.41) is 3.02. The van der Waals surface area contributed by atoms with Gasteiger partial charge in [0.2, 0.25) is 5.91 Å². The number of anilines is 1. The van der Waals surface area contributed by atoms with E-state index in [0.29, 0.717) is 43.4 Å². The molecule has 4 unspecified atom stereocenters. The topological polar surface area (TPSA) is 58.6 Å². The maximum atomic E-state index is 12.3. The van der Waals surface area contributed by atoms with Gasteiger partial charge in [-0.3, -0.25) is 9.59 Å². The number of carbonyl (C=O) groups is 2. The van der Waals surface area contributed by atoms with Gasteiger partial charge in [0.05, 0.1) is 6.61 Å². The molecule has 4 heterocycles. The number of nitrogens with one attached hydrogen (secondary N) is 1. The van der Waals surface area contributed by atoms with E-state index in [4.69, 9.17) is 4.74 Å². The lowest BCUT2D eigenvalue weighted by Crippen LogP contribution is -2.47. The molecule has 0 aromatic heterocycles. The van der Waals surface area contributed by atoms with Gasteiger partial charge in [0, 0.05) is 36.5 Å². The summed E-state index contributed by atoms with van der Waals surface area (Å²) in [5.41, 5.74) is 2.17. The predicted octanol–water partition coefficient (Wildman–Crippen LogP) is 4.09. The number of rotatable bonds is 0. The van der Waals surface area contributed by atoms with Gasteiger partial charge in [0.25, 0.3) is 0 Å². The Kier molecular flexibility index (Phi) is 6.00. The zero-order valence-electron chi connectivity index (χ0n) is 16.9. The van der Waals surface area contributed by atoms with Crippen LogP contribution in [0.25, 0.3) is 0 Å². The van der Waals surface area contributed by atoms with Crippen molar-refractivity contribution in [2.24, 2.45) is 5.92 Å². The Labute approximate surface area is 167 Å². The second-order valence-corrected chi connectivity index (χ2v) is 8.74. The molecular formula is C23H32N2O3. The van der Waals surface area contributed by atoms with Crippen LogP contribution in [0.4, 0.5) is 5.69 Å². The molecule has 4 bridgehead atoms. The van der Waals surface area contributed by atoms with Gasteiger partial charge in [-0.2, -0.15) is 0 Å². The van der Waals surface area contributed by atoms with Crippen LogP contribution in [0, 0.1) is 5.92 Å². The maximum absolute atomic E-state index is 12.3. The van der Waals surface area contributed by atoms with Crippen molar-refractivity contribution >= 4 is 17.6 Å². The first-order chi connectivity index (χ1) is 13.6. The molecule has 5 nitrogen and oxygen atoms in total. The van der Waals surface area contributed by atoms with Gasteiger partial charge >= 0.3 is 5.97 Å². The minimum Gasteiger partial charge on any atom is -0.465 e. The number of benzene rings is 1. The molecule has 152 valence electrons. The van der Waals surface area contributed by atoms with E-state index in [2.05, 4.69) is 29.4 Å². The van der Waals surface area contributed by atoms with Crippen molar-refractivity contribution in [1.29, 1.82) is 0 Å². The van der Waals surface area contributed by atoms with Crippen LogP contribution in [0.5, 0.6) is 0 Å². The molecular weight excluding hydrogens is 352 g/mol. The van der Waals surface area contributed by atoms with Crippen molar-refractivity contribution in [3.63, 3.8) is 0 Å². The summed E-state index contributed by atoms with van der Waals surface area (Å²) in [6, 6.07) is 9.45. The molecule has 5 heteroatoms. The van der Waals surface area contributed by atoms with Gasteiger partial charge in [0.15, 0.2) is 0 Å². The zero-order valence-corrected chi connectivity index (χ0v) is 16.9. The molecule has 0 saturated carbocycles. The fraction of sp³-hybridized carbons (Fsp3) is 0.652. The first kappa shape index (κ1) is 19.4. The van der Waals surface area contributed by atoms with Crippen LogP contribution in [0.2, 0.25) is 0 Å². The van der Waals surface area contributed by atoms with Crippen LogP contribution in [-0.2, 0) is 14.3 Å². The smallest absolute Gasteiger partial charge is 0.305 e. The Morgan fingerprint density at radius 2 is 1.75 bits per heavy atom. The van der Waals surface area contributed by atoms with Crippen molar-refractivity contribution in [2.45, 2.75) is 75.8 Å². The van der Waals surface area contributed by atoms with E-state index in [-0.39, 0.29) is 11.9 Å². The van der Waals surface area contributed by atoms with Gasteiger partial charge < -0.3 is 15.0 Å². The van der Waals surface area contributed by atoms with Crippen LogP contribution in [0.1, 0.15) is 69.3 Å². The maximum Gasteiger partial charge on any atom is 0.305 e. The van der Waals surface area contributed by atoms with Crippen LogP contribution in [0.15, 0.2) is 24.3 Å². The third-order valence-electron chi connectivity index (χ3n) is 7.03. The van der Waals surface area contributed by atoms with E-state index < -0.39 is 0 Å². The molecule has 1 aromatic rings. The summed E-state index contributed by atoms with van der Waals surface area (Å²) >= 11 is 0. The average Bonchev–Trinajstić information content (AvgIpc) is 2.93. The quantitative estimate of drug-likeness (QED) is 0.685. The fourth-order valence-corrected chi connectivity index (χ4v) is 5.39. The number of piperidine rings is 1. The number of amides is 1. The lowest BCUT2D eigenvalue weighted by molar-refractivity contribution is -0.146. The molecule has 0 radical (unpaired) electrons. The zero-order chi connectivity index (χ0) is 19.5. The molecule has 4 aliphatic heterocycles. The molecule has 2 saturated heterocycles. The standard InChI is InChI=1S/C23H32N2O3/c1-25-18-12-13-21(25)20-15-28-23(27)7-5-3-2-4-6-22(26)24-17-10-8-16(9-11-17)19(20)14-18/h8-11,18-21H,2-7,12-15H2,1H3,(H,24,26). The summed E-state index contributed by atoms with van der Waals surface area (Å²) < 4.78 is 5.76. The number of carbonyl (C=O) groups excluding carboxylic acids is 2. The van der Waals surface area contributed by atoms with E-state index in [9.17, 15) is 9.59 Å². The highest BCUT2D eigenvalue weighted by Crippen LogP contribution is 2.46. The lowest BCUT2D eigenvalue weighted by Gasteiger charge is -2.43. The summed E-state index contributed by atoms with van der Waals surface area (Å²) in [6.45, 7) is 0.518. The second kappa shape index (κ2) is 8.64. The first-order valence-electron chi connectivity index (χ1n) is 10.9. The fourth-order valence-electron chi connectivity index (χ4n) is 5.39. The van der Waals surface area contributed by atoms with Crippen molar-refractivity contribution in [3.05, 3.63) is 29.8 Å². The highest BCUT2D eigenvalue weighted by molar-refractivity contribution is 5.90. The Morgan fingerprint density at radius 3 is 2.54 bits per heavy atom. The minimum atomic E-state index is -0.0704. The molecule has 1 aromatic carbocycles.